The number of benzene rings is 1. The maximum atomic E-state index is 11.8. The normalized spacial score (nSPS) is 11.2. The Morgan fingerprint density at radius 2 is 2.17 bits per heavy atom. The van der Waals surface area contributed by atoms with Gasteiger partial charge < -0.3 is 10.1 Å². The second-order valence-corrected chi connectivity index (χ2v) is 4.17. The number of allylic oxidation sites excluding steroid dienone is 2. The number of rotatable bonds is 2. The van der Waals surface area contributed by atoms with E-state index >= 15 is 0 Å². The summed E-state index contributed by atoms with van der Waals surface area (Å²) in [6.07, 6.45) is 2.73. The number of aromatic hydroxyl groups is 1. The summed E-state index contributed by atoms with van der Waals surface area (Å²) < 4.78 is 0. The maximum absolute atomic E-state index is 11.8. The summed E-state index contributed by atoms with van der Waals surface area (Å²) in [6, 6.07) is 4.66. The van der Waals surface area contributed by atoms with Gasteiger partial charge in [0.1, 0.15) is 11.3 Å². The zero-order valence-electron chi connectivity index (χ0n) is 9.53. The van der Waals surface area contributed by atoms with Crippen LogP contribution >= 0.6 is 11.6 Å². The minimum atomic E-state index is -0.620. The Morgan fingerprint density at radius 1 is 1.44 bits per heavy atom. The molecule has 0 saturated carbocycles. The molecule has 0 aliphatic carbocycles. The molecule has 2 N–H and O–H groups in total. The lowest BCUT2D eigenvalue weighted by atomic mass is 10.1. The van der Waals surface area contributed by atoms with Crippen LogP contribution in [-0.4, -0.2) is 15.9 Å². The first-order valence-electron chi connectivity index (χ1n) is 5.26. The number of ketones is 1. The fourth-order valence-electron chi connectivity index (χ4n) is 1.71. The Bertz CT molecular complexity index is 716. The van der Waals surface area contributed by atoms with E-state index in [2.05, 4.69) is 4.98 Å². The van der Waals surface area contributed by atoms with Crippen molar-refractivity contribution >= 4 is 28.3 Å². The topological polar surface area (TPSA) is 70.2 Å². The van der Waals surface area contributed by atoms with Gasteiger partial charge in [-0.15, -0.1) is 0 Å². The van der Waals surface area contributed by atoms with E-state index in [4.69, 9.17) is 11.6 Å². The third-order valence-corrected chi connectivity index (χ3v) is 2.75. The number of pyridine rings is 1. The summed E-state index contributed by atoms with van der Waals surface area (Å²) >= 11 is 5.82. The highest BCUT2D eigenvalue weighted by Gasteiger charge is 2.16. The molecule has 0 bridgehead atoms. The van der Waals surface area contributed by atoms with E-state index < -0.39 is 11.3 Å². The molecule has 0 aliphatic rings. The van der Waals surface area contributed by atoms with Gasteiger partial charge in [-0.3, -0.25) is 9.59 Å². The summed E-state index contributed by atoms with van der Waals surface area (Å²) in [6.45, 7) is 1.65. The largest absolute Gasteiger partial charge is 0.506 e. The van der Waals surface area contributed by atoms with E-state index in [9.17, 15) is 14.7 Å². The molecule has 1 aromatic heterocycles. The lowest BCUT2D eigenvalue weighted by Crippen LogP contribution is -2.16. The first-order chi connectivity index (χ1) is 8.54. The molecule has 0 amide bonds. The second kappa shape index (κ2) is 4.66. The Kier molecular flexibility index (Phi) is 3.21. The van der Waals surface area contributed by atoms with Crippen LogP contribution in [0.4, 0.5) is 0 Å². The van der Waals surface area contributed by atoms with Crippen LogP contribution in [0.3, 0.4) is 0 Å². The van der Waals surface area contributed by atoms with Gasteiger partial charge in [0.05, 0.1) is 5.52 Å². The van der Waals surface area contributed by atoms with Gasteiger partial charge in [-0.1, -0.05) is 17.7 Å². The number of hydrogen-bond donors (Lipinski definition) is 2. The number of aromatic amines is 1. The molecule has 2 rings (SSSR count). The van der Waals surface area contributed by atoms with Gasteiger partial charge in [0.2, 0.25) is 0 Å². The zero-order chi connectivity index (χ0) is 13.3. The Labute approximate surface area is 108 Å². The van der Waals surface area contributed by atoms with Gasteiger partial charge in [-0.05, 0) is 31.2 Å². The van der Waals surface area contributed by atoms with Crippen molar-refractivity contribution in [3.8, 4) is 5.75 Å². The van der Waals surface area contributed by atoms with E-state index in [0.29, 0.717) is 15.9 Å². The number of aromatic nitrogens is 1. The minimum absolute atomic E-state index is 0.275. The molecule has 0 atom stereocenters. The van der Waals surface area contributed by atoms with Crippen LogP contribution in [-0.2, 0) is 0 Å². The highest BCUT2D eigenvalue weighted by molar-refractivity contribution is 6.31. The fourth-order valence-corrected chi connectivity index (χ4v) is 1.88. The smallest absolute Gasteiger partial charge is 0.263 e. The summed E-state index contributed by atoms with van der Waals surface area (Å²) in [4.78, 5) is 26.0. The molecule has 0 fully saturated rings. The molecule has 1 heterocycles. The van der Waals surface area contributed by atoms with E-state index in [1.54, 1.807) is 19.1 Å². The number of hydrogen-bond acceptors (Lipinski definition) is 3. The molecule has 18 heavy (non-hydrogen) atoms. The minimum Gasteiger partial charge on any atom is -0.506 e. The number of fused-ring (bicyclic) bond motifs is 1. The van der Waals surface area contributed by atoms with Crippen LogP contribution in [0, 0.1) is 0 Å². The van der Waals surface area contributed by atoms with Crippen molar-refractivity contribution in [1.29, 1.82) is 0 Å². The number of nitrogens with one attached hydrogen (secondary N) is 1. The van der Waals surface area contributed by atoms with Crippen molar-refractivity contribution in [3.63, 3.8) is 0 Å². The van der Waals surface area contributed by atoms with Gasteiger partial charge in [-0.25, -0.2) is 0 Å². The van der Waals surface area contributed by atoms with Crippen LogP contribution < -0.4 is 5.56 Å². The SMILES string of the molecule is CC=CC(=O)c1c(O)c2cc(Cl)ccc2[nH]c1=O. The average Bonchev–Trinajstić information content (AvgIpc) is 2.31. The quantitative estimate of drug-likeness (QED) is 0.646. The number of carbonyl (C=O) groups is 1. The van der Waals surface area contributed by atoms with Crippen molar-refractivity contribution in [2.75, 3.05) is 0 Å². The van der Waals surface area contributed by atoms with Gasteiger partial charge in [0, 0.05) is 10.4 Å². The van der Waals surface area contributed by atoms with Crippen molar-refractivity contribution < 1.29 is 9.90 Å². The molecule has 0 unspecified atom stereocenters. The molecule has 5 heteroatoms. The molecular formula is C13H10ClNO3. The number of halogens is 1. The monoisotopic (exact) mass is 263 g/mol. The highest BCUT2D eigenvalue weighted by Crippen LogP contribution is 2.27. The van der Waals surface area contributed by atoms with Crippen LogP contribution in [0.25, 0.3) is 10.9 Å². The first kappa shape index (κ1) is 12.4. The maximum Gasteiger partial charge on any atom is 0.263 e. The second-order valence-electron chi connectivity index (χ2n) is 3.73. The Hall–Kier alpha value is -2.07. The van der Waals surface area contributed by atoms with Gasteiger partial charge >= 0.3 is 0 Å². The van der Waals surface area contributed by atoms with Crippen LogP contribution in [0.5, 0.6) is 5.75 Å². The predicted octanol–water partition coefficient (Wildman–Crippen LogP) is 2.65. The van der Waals surface area contributed by atoms with Gasteiger partial charge in [0.15, 0.2) is 5.78 Å². The molecule has 1 aromatic carbocycles. The molecule has 4 nitrogen and oxygen atoms in total. The van der Waals surface area contributed by atoms with Crippen molar-refractivity contribution in [2.24, 2.45) is 0 Å². The molecule has 2 aromatic rings. The van der Waals surface area contributed by atoms with Crippen molar-refractivity contribution in [1.82, 2.24) is 4.98 Å². The lowest BCUT2D eigenvalue weighted by molar-refractivity contribution is 0.104. The molecule has 92 valence electrons. The molecule has 0 radical (unpaired) electrons. The average molecular weight is 264 g/mol. The standard InChI is InChI=1S/C13H10ClNO3/c1-2-3-10(16)11-12(17)8-6-7(14)4-5-9(8)15-13(11)18/h2-6H,1H3,(H2,15,17,18). The Morgan fingerprint density at radius 3 is 2.83 bits per heavy atom. The first-order valence-corrected chi connectivity index (χ1v) is 5.64. The molecule has 0 spiro atoms. The van der Waals surface area contributed by atoms with E-state index in [1.807, 2.05) is 0 Å². The van der Waals surface area contributed by atoms with Crippen LogP contribution in [0.1, 0.15) is 17.3 Å². The van der Waals surface area contributed by atoms with Crippen molar-refractivity contribution in [3.05, 3.63) is 51.3 Å². The summed E-state index contributed by atoms with van der Waals surface area (Å²) in [5.41, 5.74) is -0.466. The lowest BCUT2D eigenvalue weighted by Gasteiger charge is -2.05. The summed E-state index contributed by atoms with van der Waals surface area (Å²) in [5, 5.41) is 10.8. The van der Waals surface area contributed by atoms with Crippen LogP contribution in [0.15, 0.2) is 35.1 Å². The highest BCUT2D eigenvalue weighted by atomic mass is 35.5. The van der Waals surface area contributed by atoms with E-state index in [-0.39, 0.29) is 11.3 Å². The predicted molar refractivity (Wildman–Crippen MR) is 70.4 cm³/mol. The van der Waals surface area contributed by atoms with E-state index in [0.717, 1.165) is 0 Å². The Balaban J connectivity index is 2.83. The third-order valence-electron chi connectivity index (χ3n) is 2.51. The molecule has 0 aliphatic heterocycles. The van der Waals surface area contributed by atoms with Gasteiger partial charge in [0.25, 0.3) is 5.56 Å². The van der Waals surface area contributed by atoms with Gasteiger partial charge in [-0.2, -0.15) is 0 Å². The number of H-pyrrole nitrogens is 1. The summed E-state index contributed by atoms with van der Waals surface area (Å²) in [7, 11) is 0. The fraction of sp³-hybridized carbons (Fsp3) is 0.0769. The molecule has 0 saturated heterocycles. The summed E-state index contributed by atoms with van der Waals surface area (Å²) in [5.74, 6) is -0.891. The third kappa shape index (κ3) is 2.02. The van der Waals surface area contributed by atoms with Crippen LogP contribution in [0.2, 0.25) is 5.02 Å². The zero-order valence-corrected chi connectivity index (χ0v) is 10.3. The van der Waals surface area contributed by atoms with Crippen molar-refractivity contribution in [2.45, 2.75) is 6.92 Å². The number of carbonyl (C=O) groups excluding carboxylic acids is 1. The molecular weight excluding hydrogens is 254 g/mol. The van der Waals surface area contributed by atoms with E-state index in [1.165, 1.54) is 18.2 Å².